The van der Waals surface area contributed by atoms with Crippen LogP contribution in [0, 0.1) is 0 Å². The number of ether oxygens (including phenoxy) is 1. The minimum Gasteiger partial charge on any atom is -0.473 e. The number of carbonyl (C=O) groups is 1. The Labute approximate surface area is 180 Å². The number of nitrogens with zero attached hydrogens (tertiary/aromatic N) is 3. The Morgan fingerprint density at radius 1 is 1.17 bits per heavy atom. The maximum atomic E-state index is 11.1. The Hall–Kier alpha value is -2.99. The predicted molar refractivity (Wildman–Crippen MR) is 117 cm³/mol. The standard InChI is InChI=1S/C23H24ClN3O3/c1-2-16-5-3-4-6-20(16)27-21(17-7-9-18(24)10-8-17)15-22(25-27)30-19-11-13-26(14-12-19)23(28)29/h3-10,15,19H,2,11-14H2,1H3,(H,28,29). The van der Waals surface area contributed by atoms with Crippen molar-refractivity contribution in [2.24, 2.45) is 0 Å². The van der Waals surface area contributed by atoms with E-state index in [1.54, 1.807) is 0 Å². The third-order valence-corrected chi connectivity index (χ3v) is 5.68. The second-order valence-corrected chi connectivity index (χ2v) is 7.79. The summed E-state index contributed by atoms with van der Waals surface area (Å²) < 4.78 is 8.09. The van der Waals surface area contributed by atoms with Crippen LogP contribution in [0.2, 0.25) is 5.02 Å². The topological polar surface area (TPSA) is 67.6 Å². The Kier molecular flexibility index (Phi) is 5.95. The van der Waals surface area contributed by atoms with E-state index in [1.807, 2.05) is 47.1 Å². The summed E-state index contributed by atoms with van der Waals surface area (Å²) in [5, 5.41) is 14.6. The summed E-state index contributed by atoms with van der Waals surface area (Å²) in [5.74, 6) is 0.541. The fourth-order valence-electron chi connectivity index (χ4n) is 3.78. The summed E-state index contributed by atoms with van der Waals surface area (Å²) in [7, 11) is 0. The van der Waals surface area contributed by atoms with Crippen molar-refractivity contribution < 1.29 is 14.6 Å². The zero-order valence-corrected chi connectivity index (χ0v) is 17.5. The van der Waals surface area contributed by atoms with E-state index in [0.29, 0.717) is 36.8 Å². The zero-order chi connectivity index (χ0) is 21.1. The van der Waals surface area contributed by atoms with E-state index < -0.39 is 6.09 Å². The molecule has 0 bridgehead atoms. The molecule has 1 aliphatic heterocycles. The quantitative estimate of drug-likeness (QED) is 0.604. The SMILES string of the molecule is CCc1ccccc1-n1nc(OC2CCN(C(=O)O)CC2)cc1-c1ccc(Cl)cc1. The summed E-state index contributed by atoms with van der Waals surface area (Å²) in [4.78, 5) is 12.6. The summed E-state index contributed by atoms with van der Waals surface area (Å²) in [6.07, 6.45) is 1.27. The summed E-state index contributed by atoms with van der Waals surface area (Å²) in [5.41, 5.74) is 4.12. The van der Waals surface area contributed by atoms with Gasteiger partial charge in [0, 0.05) is 42.6 Å². The number of carboxylic acid groups (broad SMARTS) is 1. The van der Waals surface area contributed by atoms with Crippen molar-refractivity contribution in [1.82, 2.24) is 14.7 Å². The molecule has 7 heteroatoms. The molecule has 30 heavy (non-hydrogen) atoms. The number of halogens is 1. The number of rotatable bonds is 5. The van der Waals surface area contributed by atoms with Crippen LogP contribution >= 0.6 is 11.6 Å². The molecule has 0 saturated carbocycles. The first kappa shape index (κ1) is 20.3. The first-order valence-corrected chi connectivity index (χ1v) is 10.5. The fraction of sp³-hybridized carbons (Fsp3) is 0.304. The van der Waals surface area contributed by atoms with Crippen LogP contribution in [0.3, 0.4) is 0 Å². The molecule has 1 N–H and O–H groups in total. The van der Waals surface area contributed by atoms with Crippen molar-refractivity contribution in [2.45, 2.75) is 32.3 Å². The maximum Gasteiger partial charge on any atom is 0.407 e. The smallest absolute Gasteiger partial charge is 0.407 e. The molecule has 3 aromatic rings. The largest absolute Gasteiger partial charge is 0.473 e. The molecule has 156 valence electrons. The van der Waals surface area contributed by atoms with Crippen LogP contribution < -0.4 is 4.74 Å². The van der Waals surface area contributed by atoms with Gasteiger partial charge in [-0.2, -0.15) is 0 Å². The number of hydrogen-bond acceptors (Lipinski definition) is 3. The number of aryl methyl sites for hydroxylation is 1. The molecule has 6 nitrogen and oxygen atoms in total. The van der Waals surface area contributed by atoms with Gasteiger partial charge < -0.3 is 14.7 Å². The third-order valence-electron chi connectivity index (χ3n) is 5.43. The maximum absolute atomic E-state index is 11.1. The predicted octanol–water partition coefficient (Wildman–Crippen LogP) is 5.28. The summed E-state index contributed by atoms with van der Waals surface area (Å²) in [6, 6.07) is 17.8. The molecule has 2 aromatic carbocycles. The first-order valence-electron chi connectivity index (χ1n) is 10.1. The van der Waals surface area contributed by atoms with E-state index in [0.717, 1.165) is 23.4 Å². The lowest BCUT2D eigenvalue weighted by Gasteiger charge is -2.29. The fourth-order valence-corrected chi connectivity index (χ4v) is 3.91. The van der Waals surface area contributed by atoms with Gasteiger partial charge in [-0.1, -0.05) is 48.9 Å². The molecule has 1 aliphatic rings. The third kappa shape index (κ3) is 4.28. The lowest BCUT2D eigenvalue weighted by atomic mass is 10.1. The molecule has 1 amide bonds. The molecular formula is C23H24ClN3O3. The molecular weight excluding hydrogens is 402 g/mol. The van der Waals surface area contributed by atoms with Gasteiger partial charge in [0.25, 0.3) is 0 Å². The number of benzene rings is 2. The molecule has 1 saturated heterocycles. The minimum absolute atomic E-state index is 0.0524. The van der Waals surface area contributed by atoms with Crippen molar-refractivity contribution >= 4 is 17.7 Å². The molecule has 0 atom stereocenters. The molecule has 1 aromatic heterocycles. The van der Waals surface area contributed by atoms with Crippen molar-refractivity contribution in [2.75, 3.05) is 13.1 Å². The highest BCUT2D eigenvalue weighted by atomic mass is 35.5. The van der Waals surface area contributed by atoms with E-state index in [2.05, 4.69) is 19.1 Å². The highest BCUT2D eigenvalue weighted by molar-refractivity contribution is 6.30. The van der Waals surface area contributed by atoms with Gasteiger partial charge in [-0.25, -0.2) is 9.48 Å². The van der Waals surface area contributed by atoms with Crippen LogP contribution in [0.1, 0.15) is 25.3 Å². The Balaban J connectivity index is 1.66. The highest BCUT2D eigenvalue weighted by Crippen LogP contribution is 2.30. The molecule has 2 heterocycles. The number of amides is 1. The number of para-hydroxylation sites is 1. The molecule has 0 unspecified atom stereocenters. The van der Waals surface area contributed by atoms with Crippen LogP contribution in [0.5, 0.6) is 5.88 Å². The number of aromatic nitrogens is 2. The van der Waals surface area contributed by atoms with Gasteiger partial charge in [-0.15, -0.1) is 5.10 Å². The van der Waals surface area contributed by atoms with Gasteiger partial charge in [0.1, 0.15) is 6.10 Å². The lowest BCUT2D eigenvalue weighted by Crippen LogP contribution is -2.41. The van der Waals surface area contributed by atoms with Gasteiger partial charge in [0.15, 0.2) is 0 Å². The average molecular weight is 426 g/mol. The average Bonchev–Trinajstić information content (AvgIpc) is 3.18. The van der Waals surface area contributed by atoms with Crippen LogP contribution in [-0.2, 0) is 6.42 Å². The highest BCUT2D eigenvalue weighted by Gasteiger charge is 2.25. The molecule has 1 fully saturated rings. The van der Waals surface area contributed by atoms with Crippen LogP contribution in [-0.4, -0.2) is 45.1 Å². The van der Waals surface area contributed by atoms with E-state index in [4.69, 9.17) is 26.5 Å². The second-order valence-electron chi connectivity index (χ2n) is 7.36. The summed E-state index contributed by atoms with van der Waals surface area (Å²) in [6.45, 7) is 3.07. The van der Waals surface area contributed by atoms with Gasteiger partial charge in [-0.3, -0.25) is 0 Å². The van der Waals surface area contributed by atoms with E-state index >= 15 is 0 Å². The van der Waals surface area contributed by atoms with Gasteiger partial charge >= 0.3 is 6.09 Å². The van der Waals surface area contributed by atoms with Crippen LogP contribution in [0.4, 0.5) is 4.79 Å². The van der Waals surface area contributed by atoms with Crippen molar-refractivity contribution in [3.63, 3.8) is 0 Å². The number of hydrogen-bond donors (Lipinski definition) is 1. The van der Waals surface area contributed by atoms with Crippen LogP contribution in [0.25, 0.3) is 16.9 Å². The Morgan fingerprint density at radius 2 is 1.87 bits per heavy atom. The van der Waals surface area contributed by atoms with Crippen molar-refractivity contribution in [3.05, 3.63) is 65.2 Å². The van der Waals surface area contributed by atoms with Crippen molar-refractivity contribution in [3.8, 4) is 22.8 Å². The summed E-state index contributed by atoms with van der Waals surface area (Å²) >= 11 is 6.08. The second kappa shape index (κ2) is 8.79. The zero-order valence-electron chi connectivity index (χ0n) is 16.8. The Bertz CT molecular complexity index is 1020. The van der Waals surface area contributed by atoms with Gasteiger partial charge in [0.2, 0.25) is 5.88 Å². The monoisotopic (exact) mass is 425 g/mol. The van der Waals surface area contributed by atoms with Crippen molar-refractivity contribution in [1.29, 1.82) is 0 Å². The van der Waals surface area contributed by atoms with Gasteiger partial charge in [0.05, 0.1) is 11.4 Å². The molecule has 0 spiro atoms. The van der Waals surface area contributed by atoms with Gasteiger partial charge in [-0.05, 0) is 30.2 Å². The Morgan fingerprint density at radius 3 is 2.53 bits per heavy atom. The number of likely N-dealkylation sites (tertiary alicyclic amines) is 1. The van der Waals surface area contributed by atoms with E-state index in [-0.39, 0.29) is 6.10 Å². The minimum atomic E-state index is -0.876. The number of piperidine rings is 1. The molecule has 0 aliphatic carbocycles. The van der Waals surface area contributed by atoms with E-state index in [1.165, 1.54) is 10.5 Å². The van der Waals surface area contributed by atoms with Crippen LogP contribution in [0.15, 0.2) is 54.6 Å². The normalized spacial score (nSPS) is 14.7. The molecule has 4 rings (SSSR count). The molecule has 0 radical (unpaired) electrons. The first-order chi connectivity index (χ1) is 14.5. The van der Waals surface area contributed by atoms with E-state index in [9.17, 15) is 4.79 Å². The lowest BCUT2D eigenvalue weighted by molar-refractivity contribution is 0.0868.